The van der Waals surface area contributed by atoms with Gasteiger partial charge in [0.2, 0.25) is 0 Å². The molecule has 0 heterocycles. The van der Waals surface area contributed by atoms with E-state index in [1.54, 1.807) is 0 Å². The van der Waals surface area contributed by atoms with E-state index in [0.29, 0.717) is 17.0 Å². The van der Waals surface area contributed by atoms with Gasteiger partial charge in [0.25, 0.3) is 0 Å². The summed E-state index contributed by atoms with van der Waals surface area (Å²) in [6.07, 6.45) is 9.87. The summed E-state index contributed by atoms with van der Waals surface area (Å²) < 4.78 is 0. The lowest BCUT2D eigenvalue weighted by molar-refractivity contribution is -0.125. The molecule has 0 aromatic carbocycles. The normalized spacial score (nSPS) is 24.0. The zero-order valence-corrected chi connectivity index (χ0v) is 17.4. The Morgan fingerprint density at radius 2 is 1.48 bits per heavy atom. The highest BCUT2D eigenvalue weighted by molar-refractivity contribution is 7.98. The molecule has 0 aromatic heterocycles. The van der Waals surface area contributed by atoms with Crippen molar-refractivity contribution in [2.75, 3.05) is 11.5 Å². The van der Waals surface area contributed by atoms with Crippen molar-refractivity contribution in [1.29, 1.82) is 0 Å². The minimum Gasteiger partial charge on any atom is -0.294 e. The van der Waals surface area contributed by atoms with Crippen molar-refractivity contribution in [3.63, 3.8) is 0 Å². The van der Waals surface area contributed by atoms with Crippen molar-refractivity contribution in [3.8, 4) is 0 Å². The van der Waals surface area contributed by atoms with Crippen LogP contribution >= 0.6 is 0 Å². The standard InChI is InChI=1S/C21H41OS/c1-7-9-15-23(16-10-8-2)20(21(4,5)6)19(22)18-13-11-17(3)12-14-18/h17-18,20H,7-16H2,1-6H3/q+1. The highest BCUT2D eigenvalue weighted by Crippen LogP contribution is 2.36. The lowest BCUT2D eigenvalue weighted by Gasteiger charge is -2.34. The van der Waals surface area contributed by atoms with Crippen LogP contribution in [0.3, 0.4) is 0 Å². The number of rotatable bonds is 9. The molecule has 0 spiro atoms. The number of carbonyl (C=O) groups is 1. The van der Waals surface area contributed by atoms with Crippen LogP contribution in [0.5, 0.6) is 0 Å². The molecule has 0 amide bonds. The van der Waals surface area contributed by atoms with Gasteiger partial charge in [0.1, 0.15) is 11.5 Å². The third-order valence-corrected chi connectivity index (χ3v) is 8.55. The van der Waals surface area contributed by atoms with Crippen LogP contribution in [-0.4, -0.2) is 22.5 Å². The van der Waals surface area contributed by atoms with Gasteiger partial charge in [-0.3, -0.25) is 4.79 Å². The van der Waals surface area contributed by atoms with E-state index in [-0.39, 0.29) is 16.3 Å². The average molecular weight is 342 g/mol. The van der Waals surface area contributed by atoms with Gasteiger partial charge < -0.3 is 0 Å². The van der Waals surface area contributed by atoms with E-state index in [1.807, 2.05) is 0 Å². The molecule has 1 unspecified atom stereocenters. The number of hydrogen-bond donors (Lipinski definition) is 0. The molecule has 0 radical (unpaired) electrons. The van der Waals surface area contributed by atoms with E-state index >= 15 is 0 Å². The van der Waals surface area contributed by atoms with Crippen LogP contribution in [0.25, 0.3) is 0 Å². The molecule has 2 heteroatoms. The summed E-state index contributed by atoms with van der Waals surface area (Å²) in [5.41, 5.74) is 0.116. The Balaban J connectivity index is 2.88. The number of carbonyl (C=O) groups excluding carboxylic acids is 1. The molecule has 0 N–H and O–H groups in total. The van der Waals surface area contributed by atoms with Crippen molar-refractivity contribution in [3.05, 3.63) is 0 Å². The van der Waals surface area contributed by atoms with E-state index in [1.165, 1.54) is 50.0 Å². The predicted molar refractivity (Wildman–Crippen MR) is 106 cm³/mol. The van der Waals surface area contributed by atoms with Crippen molar-refractivity contribution in [2.24, 2.45) is 17.3 Å². The molecular weight excluding hydrogens is 300 g/mol. The molecule has 0 saturated heterocycles. The maximum atomic E-state index is 13.4. The number of Topliss-reactive ketones (excluding diaryl/α,β-unsaturated/α-hetero) is 1. The molecule has 1 rings (SSSR count). The van der Waals surface area contributed by atoms with Gasteiger partial charge in [0, 0.05) is 11.3 Å². The smallest absolute Gasteiger partial charge is 0.188 e. The number of ketones is 1. The van der Waals surface area contributed by atoms with Crippen molar-refractivity contribution in [1.82, 2.24) is 0 Å². The molecule has 1 atom stereocenters. The van der Waals surface area contributed by atoms with Crippen LogP contribution in [0.15, 0.2) is 0 Å². The molecule has 1 aliphatic carbocycles. The van der Waals surface area contributed by atoms with Gasteiger partial charge in [-0.1, -0.05) is 67.2 Å². The van der Waals surface area contributed by atoms with Crippen LogP contribution in [0.4, 0.5) is 0 Å². The molecule has 1 fully saturated rings. The molecule has 1 saturated carbocycles. The van der Waals surface area contributed by atoms with Crippen molar-refractivity contribution < 1.29 is 4.79 Å². The fourth-order valence-corrected chi connectivity index (χ4v) is 7.36. The Hall–Kier alpha value is 0.0200. The number of unbranched alkanes of at least 4 members (excludes halogenated alkanes) is 2. The second-order valence-corrected chi connectivity index (χ2v) is 11.1. The third kappa shape index (κ3) is 6.80. The van der Waals surface area contributed by atoms with E-state index < -0.39 is 0 Å². The van der Waals surface area contributed by atoms with E-state index in [2.05, 4.69) is 41.5 Å². The van der Waals surface area contributed by atoms with Gasteiger partial charge in [-0.15, -0.1) is 0 Å². The summed E-state index contributed by atoms with van der Waals surface area (Å²) in [5, 5.41) is 0.291. The molecule has 0 aliphatic heterocycles. The van der Waals surface area contributed by atoms with Gasteiger partial charge in [-0.05, 0) is 42.5 Å². The molecule has 0 aromatic rings. The Morgan fingerprint density at radius 3 is 1.87 bits per heavy atom. The van der Waals surface area contributed by atoms with E-state index in [4.69, 9.17) is 0 Å². The Labute approximate surface area is 148 Å². The fourth-order valence-electron chi connectivity index (χ4n) is 3.85. The van der Waals surface area contributed by atoms with Crippen LogP contribution in [0.1, 0.15) is 92.9 Å². The maximum Gasteiger partial charge on any atom is 0.188 e. The SMILES string of the molecule is CCCC[S+](CCCC)C(C(=O)C1CCC(C)CC1)C(C)(C)C. The molecular formula is C21H41OS+. The lowest BCUT2D eigenvalue weighted by Crippen LogP contribution is -2.47. The first-order valence-corrected chi connectivity index (χ1v) is 11.6. The van der Waals surface area contributed by atoms with E-state index in [9.17, 15) is 4.79 Å². The summed E-state index contributed by atoms with van der Waals surface area (Å²) in [6, 6.07) is 0. The van der Waals surface area contributed by atoms with Crippen LogP contribution in [0.2, 0.25) is 0 Å². The molecule has 136 valence electrons. The predicted octanol–water partition coefficient (Wildman–Crippen LogP) is 6.02. The lowest BCUT2D eigenvalue weighted by atomic mass is 9.76. The number of hydrogen-bond acceptors (Lipinski definition) is 1. The molecule has 0 bridgehead atoms. The zero-order chi connectivity index (χ0) is 17.5. The highest BCUT2D eigenvalue weighted by atomic mass is 32.2. The van der Waals surface area contributed by atoms with Gasteiger partial charge in [-0.2, -0.15) is 0 Å². The third-order valence-electron chi connectivity index (χ3n) is 5.32. The van der Waals surface area contributed by atoms with Gasteiger partial charge >= 0.3 is 0 Å². The average Bonchev–Trinajstić information content (AvgIpc) is 2.49. The first kappa shape index (κ1) is 21.1. The first-order chi connectivity index (χ1) is 10.8. The summed E-state index contributed by atoms with van der Waals surface area (Å²) >= 11 is 0. The molecule has 1 nitrogen and oxygen atoms in total. The summed E-state index contributed by atoms with van der Waals surface area (Å²) in [4.78, 5) is 13.4. The fraction of sp³-hybridized carbons (Fsp3) is 0.952. The second-order valence-electron chi connectivity index (χ2n) is 8.76. The topological polar surface area (TPSA) is 17.1 Å². The van der Waals surface area contributed by atoms with Crippen molar-refractivity contribution >= 4 is 16.7 Å². The van der Waals surface area contributed by atoms with Crippen LogP contribution < -0.4 is 0 Å². The quantitative estimate of drug-likeness (QED) is 0.469. The zero-order valence-electron chi connectivity index (χ0n) is 16.6. The van der Waals surface area contributed by atoms with Crippen molar-refractivity contribution in [2.45, 2.75) is 98.2 Å². The molecule has 23 heavy (non-hydrogen) atoms. The Kier molecular flexibility index (Phi) is 9.26. The Bertz CT molecular complexity index is 328. The summed E-state index contributed by atoms with van der Waals surface area (Å²) in [6.45, 7) is 13.8. The largest absolute Gasteiger partial charge is 0.294 e. The monoisotopic (exact) mass is 341 g/mol. The summed E-state index contributed by atoms with van der Waals surface area (Å²) in [7, 11) is 0.278. The molecule has 1 aliphatic rings. The summed E-state index contributed by atoms with van der Waals surface area (Å²) in [5.74, 6) is 4.35. The minimum atomic E-state index is 0.116. The van der Waals surface area contributed by atoms with Gasteiger partial charge in [0.05, 0.1) is 0 Å². The first-order valence-electron chi connectivity index (χ1n) is 10.0. The Morgan fingerprint density at radius 1 is 1.00 bits per heavy atom. The minimum absolute atomic E-state index is 0.116. The van der Waals surface area contributed by atoms with Crippen LogP contribution in [-0.2, 0) is 15.7 Å². The van der Waals surface area contributed by atoms with Gasteiger partial charge in [0.15, 0.2) is 11.0 Å². The highest BCUT2D eigenvalue weighted by Gasteiger charge is 2.47. The van der Waals surface area contributed by atoms with Gasteiger partial charge in [-0.25, -0.2) is 0 Å². The second kappa shape index (κ2) is 10.1. The van der Waals surface area contributed by atoms with E-state index in [0.717, 1.165) is 18.8 Å². The van der Waals surface area contributed by atoms with Crippen LogP contribution in [0, 0.1) is 17.3 Å². The maximum absolute atomic E-state index is 13.4.